The highest BCUT2D eigenvalue weighted by Gasteiger charge is 2.29. The van der Waals surface area contributed by atoms with Gasteiger partial charge in [0.05, 0.1) is 17.0 Å². The second-order valence-corrected chi connectivity index (χ2v) is 8.22. The number of hydrogen-bond donors (Lipinski definition) is 1. The van der Waals surface area contributed by atoms with E-state index in [1.54, 1.807) is 12.1 Å². The van der Waals surface area contributed by atoms with Crippen molar-refractivity contribution >= 4 is 15.9 Å². The molecular formula is C21H22N2O3S. The third-order valence-corrected chi connectivity index (χ3v) is 6.37. The average molecular weight is 382 g/mol. The van der Waals surface area contributed by atoms with Crippen molar-refractivity contribution in [2.45, 2.75) is 24.2 Å². The fraction of sp³-hybridized carbons (Fsp3) is 0.286. The second kappa shape index (κ2) is 8.85. The van der Waals surface area contributed by atoms with Gasteiger partial charge in [-0.3, -0.25) is 4.79 Å². The van der Waals surface area contributed by atoms with Crippen LogP contribution in [-0.4, -0.2) is 38.3 Å². The Morgan fingerprint density at radius 2 is 1.63 bits per heavy atom. The van der Waals surface area contributed by atoms with Crippen molar-refractivity contribution < 1.29 is 13.2 Å². The number of nitrogens with one attached hydrogen (secondary N) is 1. The number of amides is 1. The van der Waals surface area contributed by atoms with Gasteiger partial charge in [-0.15, -0.1) is 0 Å². The Kier molecular flexibility index (Phi) is 6.28. The summed E-state index contributed by atoms with van der Waals surface area (Å²) in [5.41, 5.74) is 1.02. The molecule has 140 valence electrons. The maximum atomic E-state index is 12.9. The Balaban J connectivity index is 1.73. The average Bonchev–Trinajstić information content (AvgIpc) is 2.72. The molecule has 0 atom stereocenters. The largest absolute Gasteiger partial charge is 0.341 e. The van der Waals surface area contributed by atoms with E-state index in [1.165, 1.54) is 16.4 Å². The summed E-state index contributed by atoms with van der Waals surface area (Å²) >= 11 is 0. The number of carbonyl (C=O) groups excluding carboxylic acids is 1. The normalized spacial score (nSPS) is 14.8. The van der Waals surface area contributed by atoms with Gasteiger partial charge in [0.2, 0.25) is 10.0 Å². The monoisotopic (exact) mass is 382 g/mol. The molecule has 1 aliphatic heterocycles. The first-order valence-corrected chi connectivity index (χ1v) is 10.4. The fourth-order valence-corrected chi connectivity index (χ4v) is 4.72. The van der Waals surface area contributed by atoms with E-state index in [0.717, 1.165) is 24.8 Å². The van der Waals surface area contributed by atoms with Crippen LogP contribution in [0.2, 0.25) is 0 Å². The molecular weight excluding hydrogens is 360 g/mol. The first-order chi connectivity index (χ1) is 13.1. The molecule has 1 aliphatic rings. The van der Waals surface area contributed by atoms with Crippen LogP contribution in [0.25, 0.3) is 0 Å². The summed E-state index contributed by atoms with van der Waals surface area (Å²) in [5, 5.41) is 2.69. The molecule has 3 rings (SSSR count). The third-order valence-electron chi connectivity index (χ3n) is 4.41. The quantitative estimate of drug-likeness (QED) is 0.827. The predicted molar refractivity (Wildman–Crippen MR) is 105 cm³/mol. The molecule has 0 bridgehead atoms. The molecule has 1 fully saturated rings. The molecule has 27 heavy (non-hydrogen) atoms. The standard InChI is InChI=1S/C21H22N2O3S/c24-21(22-15-9-12-18-10-3-1-4-11-18)19-13-5-6-14-20(19)27(25,26)23-16-7-2-8-17-23/h1,3-6,10-11,13-14H,2,7-8,15-17H2,(H,22,24). The minimum Gasteiger partial charge on any atom is -0.341 e. The molecule has 0 aromatic heterocycles. The van der Waals surface area contributed by atoms with Gasteiger partial charge in [-0.2, -0.15) is 4.31 Å². The highest BCUT2D eigenvalue weighted by molar-refractivity contribution is 7.89. The molecule has 1 saturated heterocycles. The van der Waals surface area contributed by atoms with Crippen LogP contribution >= 0.6 is 0 Å². The Morgan fingerprint density at radius 1 is 0.963 bits per heavy atom. The van der Waals surface area contributed by atoms with Crippen LogP contribution in [0, 0.1) is 11.8 Å². The summed E-state index contributed by atoms with van der Waals surface area (Å²) in [6, 6.07) is 15.8. The highest BCUT2D eigenvalue weighted by atomic mass is 32.2. The SMILES string of the molecule is O=C(NCC#Cc1ccccc1)c1ccccc1S(=O)(=O)N1CCCCC1. The van der Waals surface area contributed by atoms with Crippen LogP contribution in [0.5, 0.6) is 0 Å². The van der Waals surface area contributed by atoms with Gasteiger partial charge >= 0.3 is 0 Å². The maximum Gasteiger partial charge on any atom is 0.253 e. The van der Waals surface area contributed by atoms with Gasteiger partial charge in [0, 0.05) is 18.7 Å². The molecule has 1 N–H and O–H groups in total. The lowest BCUT2D eigenvalue weighted by molar-refractivity contribution is 0.0955. The number of nitrogens with zero attached hydrogens (tertiary/aromatic N) is 1. The molecule has 0 spiro atoms. The van der Waals surface area contributed by atoms with Crippen LogP contribution in [0.3, 0.4) is 0 Å². The molecule has 6 heteroatoms. The summed E-state index contributed by atoms with van der Waals surface area (Å²) in [4.78, 5) is 12.6. The van der Waals surface area contributed by atoms with E-state index in [4.69, 9.17) is 0 Å². The van der Waals surface area contributed by atoms with E-state index < -0.39 is 15.9 Å². The lowest BCUT2D eigenvalue weighted by Crippen LogP contribution is -2.37. The molecule has 2 aromatic carbocycles. The first kappa shape index (κ1) is 19.2. The molecule has 2 aromatic rings. The van der Waals surface area contributed by atoms with Crippen LogP contribution in [0.15, 0.2) is 59.5 Å². The summed E-state index contributed by atoms with van der Waals surface area (Å²) in [5.74, 6) is 5.40. The Bertz CT molecular complexity index is 954. The molecule has 0 saturated carbocycles. The van der Waals surface area contributed by atoms with Crippen LogP contribution < -0.4 is 5.32 Å². The van der Waals surface area contributed by atoms with Gasteiger partial charge in [-0.25, -0.2) is 8.42 Å². The Hall–Kier alpha value is -2.62. The Labute approximate surface area is 160 Å². The van der Waals surface area contributed by atoms with E-state index in [9.17, 15) is 13.2 Å². The number of rotatable bonds is 4. The van der Waals surface area contributed by atoms with Gasteiger partial charge in [-0.05, 0) is 37.1 Å². The molecule has 0 unspecified atom stereocenters. The van der Waals surface area contributed by atoms with E-state index in [-0.39, 0.29) is 17.0 Å². The van der Waals surface area contributed by atoms with Crippen LogP contribution in [0.4, 0.5) is 0 Å². The van der Waals surface area contributed by atoms with Crippen molar-refractivity contribution in [3.05, 3.63) is 65.7 Å². The summed E-state index contributed by atoms with van der Waals surface area (Å²) in [6.45, 7) is 1.15. The van der Waals surface area contributed by atoms with Crippen molar-refractivity contribution in [3.63, 3.8) is 0 Å². The molecule has 1 amide bonds. The van der Waals surface area contributed by atoms with Crippen LogP contribution in [0.1, 0.15) is 35.2 Å². The van der Waals surface area contributed by atoms with Crippen molar-refractivity contribution in [2.24, 2.45) is 0 Å². The highest BCUT2D eigenvalue weighted by Crippen LogP contribution is 2.23. The molecule has 0 radical (unpaired) electrons. The number of piperidine rings is 1. The van der Waals surface area contributed by atoms with E-state index in [0.29, 0.717) is 13.1 Å². The van der Waals surface area contributed by atoms with Crippen molar-refractivity contribution in [1.82, 2.24) is 9.62 Å². The summed E-state index contributed by atoms with van der Waals surface area (Å²) < 4.78 is 27.4. The third kappa shape index (κ3) is 4.76. The molecule has 1 heterocycles. The number of benzene rings is 2. The molecule has 0 aliphatic carbocycles. The lowest BCUT2D eigenvalue weighted by atomic mass is 10.2. The first-order valence-electron chi connectivity index (χ1n) is 9.00. The smallest absolute Gasteiger partial charge is 0.253 e. The lowest BCUT2D eigenvalue weighted by Gasteiger charge is -2.26. The van der Waals surface area contributed by atoms with Gasteiger partial charge in [0.15, 0.2) is 0 Å². The summed E-state index contributed by atoms with van der Waals surface area (Å²) in [6.07, 6.45) is 2.74. The number of carbonyl (C=O) groups is 1. The van der Waals surface area contributed by atoms with E-state index >= 15 is 0 Å². The predicted octanol–water partition coefficient (Wildman–Crippen LogP) is 2.64. The zero-order valence-corrected chi connectivity index (χ0v) is 15.8. The zero-order valence-electron chi connectivity index (χ0n) is 15.0. The van der Waals surface area contributed by atoms with Crippen LogP contribution in [-0.2, 0) is 10.0 Å². The zero-order chi connectivity index (χ0) is 19.1. The van der Waals surface area contributed by atoms with E-state index in [1.807, 2.05) is 30.3 Å². The van der Waals surface area contributed by atoms with E-state index in [2.05, 4.69) is 17.2 Å². The minimum absolute atomic E-state index is 0.0559. The number of sulfonamides is 1. The fourth-order valence-electron chi connectivity index (χ4n) is 3.01. The van der Waals surface area contributed by atoms with Gasteiger partial charge in [0.1, 0.15) is 0 Å². The number of hydrogen-bond acceptors (Lipinski definition) is 3. The Morgan fingerprint density at radius 3 is 2.37 bits per heavy atom. The second-order valence-electron chi connectivity index (χ2n) is 6.31. The van der Waals surface area contributed by atoms with Crippen molar-refractivity contribution in [1.29, 1.82) is 0 Å². The minimum atomic E-state index is -3.67. The van der Waals surface area contributed by atoms with Gasteiger partial charge in [0.25, 0.3) is 5.91 Å². The molecule has 5 nitrogen and oxygen atoms in total. The topological polar surface area (TPSA) is 66.5 Å². The van der Waals surface area contributed by atoms with Gasteiger partial charge in [-0.1, -0.05) is 48.6 Å². The van der Waals surface area contributed by atoms with Gasteiger partial charge < -0.3 is 5.32 Å². The summed E-state index contributed by atoms with van der Waals surface area (Å²) in [7, 11) is -3.67. The van der Waals surface area contributed by atoms with Crippen molar-refractivity contribution in [3.8, 4) is 11.8 Å². The maximum absolute atomic E-state index is 12.9. The van der Waals surface area contributed by atoms with Crippen molar-refractivity contribution in [2.75, 3.05) is 19.6 Å².